The molecule has 4 rings (SSSR count). The summed E-state index contributed by atoms with van der Waals surface area (Å²) in [6, 6.07) is 21.0. The molecule has 1 aromatic heterocycles. The zero-order valence-electron chi connectivity index (χ0n) is 22.6. The molecule has 0 radical (unpaired) electrons. The van der Waals surface area contributed by atoms with Crippen molar-refractivity contribution in [3.8, 4) is 5.69 Å². The minimum absolute atomic E-state index is 0.275. The van der Waals surface area contributed by atoms with Gasteiger partial charge in [-0.15, -0.1) is 0 Å². The molecule has 9 nitrogen and oxygen atoms in total. The van der Waals surface area contributed by atoms with Crippen LogP contribution in [-0.2, 0) is 16.0 Å². The van der Waals surface area contributed by atoms with Crippen molar-refractivity contribution in [1.82, 2.24) is 14.9 Å². The van der Waals surface area contributed by atoms with Crippen LogP contribution in [0.15, 0.2) is 77.6 Å². The second-order valence-corrected chi connectivity index (χ2v) is 10.1. The van der Waals surface area contributed by atoms with Crippen LogP contribution in [0.5, 0.6) is 0 Å². The molecule has 0 bridgehead atoms. The Morgan fingerprint density at radius 3 is 2.31 bits per heavy atom. The lowest BCUT2D eigenvalue weighted by molar-refractivity contribution is 0.0504. The van der Waals surface area contributed by atoms with Gasteiger partial charge >= 0.3 is 12.1 Å². The van der Waals surface area contributed by atoms with Crippen LogP contribution >= 0.6 is 0 Å². The number of alkyl carbamates (subject to hydrolysis) is 1. The molecule has 1 atom stereocenters. The quantitative estimate of drug-likeness (QED) is 0.310. The Hall–Kier alpha value is -4.66. The smallest absolute Gasteiger partial charge is 0.408 e. The average molecular weight is 529 g/mol. The molecule has 0 spiro atoms. The van der Waals surface area contributed by atoms with E-state index in [1.807, 2.05) is 54.6 Å². The van der Waals surface area contributed by atoms with Crippen molar-refractivity contribution in [2.75, 3.05) is 12.4 Å². The van der Waals surface area contributed by atoms with Crippen molar-refractivity contribution in [3.63, 3.8) is 0 Å². The highest BCUT2D eigenvalue weighted by molar-refractivity contribution is 5.91. The van der Waals surface area contributed by atoms with Crippen LogP contribution in [0.2, 0.25) is 0 Å². The first kappa shape index (κ1) is 27.4. The van der Waals surface area contributed by atoms with Crippen LogP contribution in [0, 0.1) is 0 Å². The van der Waals surface area contributed by atoms with Gasteiger partial charge in [-0.3, -0.25) is 9.36 Å². The van der Waals surface area contributed by atoms with Crippen LogP contribution in [0.25, 0.3) is 16.6 Å². The Bertz CT molecular complexity index is 1540. The Labute approximate surface area is 226 Å². The number of rotatable bonds is 7. The predicted octanol–water partition coefficient (Wildman–Crippen LogP) is 5.37. The van der Waals surface area contributed by atoms with E-state index in [0.29, 0.717) is 40.2 Å². The molecule has 0 aliphatic carbocycles. The number of hydrogen-bond donors (Lipinski definition) is 2. The largest absolute Gasteiger partial charge is 0.465 e. The van der Waals surface area contributed by atoms with Gasteiger partial charge in [-0.1, -0.05) is 36.4 Å². The molecule has 0 aliphatic heterocycles. The number of anilines is 1. The standard InChI is InChI=1S/C30H32N4O5/c1-19(32-29(37)39-30(2,3)4)26-33-24-13-9-12-23(25(24)27(35)34(26)22-10-7-6-8-11-22)31-18-20-14-16-21(17-15-20)28(36)38-5/h6-17,19,31H,18H2,1-5H3,(H,32,37)/t19-/m0/s1. The van der Waals surface area contributed by atoms with Crippen LogP contribution < -0.4 is 16.2 Å². The summed E-state index contributed by atoms with van der Waals surface area (Å²) in [4.78, 5) is 43.1. The topological polar surface area (TPSA) is 112 Å². The normalized spacial score (nSPS) is 12.0. The molecule has 2 N–H and O–H groups in total. The lowest BCUT2D eigenvalue weighted by atomic mass is 10.1. The first-order valence-electron chi connectivity index (χ1n) is 12.6. The summed E-state index contributed by atoms with van der Waals surface area (Å²) in [6.07, 6.45) is -0.599. The molecule has 4 aromatic rings. The molecule has 1 amide bonds. The highest BCUT2D eigenvalue weighted by Crippen LogP contribution is 2.24. The Balaban J connectivity index is 1.73. The average Bonchev–Trinajstić information content (AvgIpc) is 2.90. The van der Waals surface area contributed by atoms with Crippen LogP contribution in [0.1, 0.15) is 55.5 Å². The second-order valence-electron chi connectivity index (χ2n) is 10.1. The number of methoxy groups -OCH3 is 1. The van der Waals surface area contributed by atoms with Gasteiger partial charge in [-0.25, -0.2) is 14.6 Å². The zero-order chi connectivity index (χ0) is 28.2. The highest BCUT2D eigenvalue weighted by atomic mass is 16.6. The zero-order valence-corrected chi connectivity index (χ0v) is 22.6. The molecule has 0 unspecified atom stereocenters. The Morgan fingerprint density at radius 1 is 0.974 bits per heavy atom. The van der Waals surface area contributed by atoms with Crippen molar-refractivity contribution in [2.45, 2.75) is 45.9 Å². The number of fused-ring (bicyclic) bond motifs is 1. The van der Waals surface area contributed by atoms with E-state index < -0.39 is 23.7 Å². The van der Waals surface area contributed by atoms with Crippen molar-refractivity contribution in [2.24, 2.45) is 0 Å². The number of aromatic nitrogens is 2. The Kier molecular flexibility index (Phi) is 7.99. The number of nitrogens with one attached hydrogen (secondary N) is 2. The van der Waals surface area contributed by atoms with Crippen molar-refractivity contribution in [1.29, 1.82) is 0 Å². The molecule has 3 aromatic carbocycles. The molecule has 0 saturated carbocycles. The molecule has 202 valence electrons. The number of ether oxygens (including phenoxy) is 2. The van der Waals surface area contributed by atoms with Crippen LogP contribution in [0.4, 0.5) is 10.5 Å². The van der Waals surface area contributed by atoms with Gasteiger partial charge in [0.05, 0.1) is 35.3 Å². The van der Waals surface area contributed by atoms with E-state index in [1.165, 1.54) is 11.7 Å². The summed E-state index contributed by atoms with van der Waals surface area (Å²) in [5, 5.41) is 6.55. The molecular weight excluding hydrogens is 496 g/mol. The lowest BCUT2D eigenvalue weighted by Crippen LogP contribution is -2.37. The van der Waals surface area contributed by atoms with E-state index in [-0.39, 0.29) is 5.56 Å². The number of hydrogen-bond acceptors (Lipinski definition) is 7. The van der Waals surface area contributed by atoms with Gasteiger partial charge in [0.2, 0.25) is 0 Å². The van der Waals surface area contributed by atoms with Gasteiger partial charge in [0.25, 0.3) is 5.56 Å². The van der Waals surface area contributed by atoms with E-state index >= 15 is 0 Å². The summed E-state index contributed by atoms with van der Waals surface area (Å²) < 4.78 is 11.7. The van der Waals surface area contributed by atoms with Crippen LogP contribution in [0.3, 0.4) is 0 Å². The fraction of sp³-hybridized carbons (Fsp3) is 0.267. The lowest BCUT2D eigenvalue weighted by Gasteiger charge is -2.23. The summed E-state index contributed by atoms with van der Waals surface area (Å²) in [5.74, 6) is -0.0256. The van der Waals surface area contributed by atoms with E-state index in [2.05, 4.69) is 10.6 Å². The third kappa shape index (κ3) is 6.43. The summed E-state index contributed by atoms with van der Waals surface area (Å²) in [6.45, 7) is 7.54. The van der Waals surface area contributed by atoms with Gasteiger partial charge in [0.15, 0.2) is 0 Å². The number of amides is 1. The van der Waals surface area contributed by atoms with Crippen molar-refractivity contribution >= 4 is 28.7 Å². The number of esters is 1. The summed E-state index contributed by atoms with van der Waals surface area (Å²) in [7, 11) is 1.34. The third-order valence-corrected chi connectivity index (χ3v) is 5.92. The van der Waals surface area contributed by atoms with Gasteiger partial charge in [0.1, 0.15) is 11.4 Å². The van der Waals surface area contributed by atoms with E-state index in [4.69, 9.17) is 14.5 Å². The number of carbonyl (C=O) groups excluding carboxylic acids is 2. The van der Waals surface area contributed by atoms with Gasteiger partial charge in [-0.2, -0.15) is 0 Å². The summed E-state index contributed by atoms with van der Waals surface area (Å²) in [5.41, 5.74) is 2.17. The fourth-order valence-electron chi connectivity index (χ4n) is 4.13. The first-order chi connectivity index (χ1) is 18.6. The Morgan fingerprint density at radius 2 is 1.67 bits per heavy atom. The molecule has 0 saturated heterocycles. The minimum Gasteiger partial charge on any atom is -0.465 e. The second kappa shape index (κ2) is 11.4. The molecule has 1 heterocycles. The van der Waals surface area contributed by atoms with Crippen LogP contribution in [-0.4, -0.2) is 34.3 Å². The SMILES string of the molecule is COC(=O)c1ccc(CNc2cccc3nc([C@H](C)NC(=O)OC(C)(C)C)n(-c4ccccc4)c(=O)c23)cc1. The molecule has 9 heteroatoms. The van der Waals surface area contributed by atoms with E-state index in [1.54, 1.807) is 45.9 Å². The molecule has 0 fully saturated rings. The van der Waals surface area contributed by atoms with E-state index in [0.717, 1.165) is 5.56 Å². The maximum absolute atomic E-state index is 14.0. The molecule has 39 heavy (non-hydrogen) atoms. The number of para-hydroxylation sites is 1. The van der Waals surface area contributed by atoms with Gasteiger partial charge in [-0.05, 0) is 69.7 Å². The van der Waals surface area contributed by atoms with Gasteiger partial charge < -0.3 is 20.1 Å². The number of carbonyl (C=O) groups is 2. The van der Waals surface area contributed by atoms with Crippen molar-refractivity contribution < 1.29 is 19.1 Å². The van der Waals surface area contributed by atoms with E-state index in [9.17, 15) is 14.4 Å². The number of nitrogens with zero attached hydrogens (tertiary/aromatic N) is 2. The maximum atomic E-state index is 14.0. The predicted molar refractivity (Wildman–Crippen MR) is 150 cm³/mol. The fourth-order valence-corrected chi connectivity index (χ4v) is 4.13. The third-order valence-electron chi connectivity index (χ3n) is 5.92. The molecular formula is C30H32N4O5. The minimum atomic E-state index is -0.667. The van der Waals surface area contributed by atoms with Crippen molar-refractivity contribution in [3.05, 3.63) is 100 Å². The van der Waals surface area contributed by atoms with Gasteiger partial charge in [0, 0.05) is 12.2 Å². The highest BCUT2D eigenvalue weighted by Gasteiger charge is 2.23. The summed E-state index contributed by atoms with van der Waals surface area (Å²) >= 11 is 0. The number of benzene rings is 3. The maximum Gasteiger partial charge on any atom is 0.408 e. The first-order valence-corrected chi connectivity index (χ1v) is 12.6. The monoisotopic (exact) mass is 528 g/mol. The molecule has 0 aliphatic rings.